The van der Waals surface area contributed by atoms with Crippen LogP contribution in [0.25, 0.3) is 0 Å². The van der Waals surface area contributed by atoms with Crippen LogP contribution in [0.5, 0.6) is 0 Å². The average molecular weight is 389 g/mol. The van der Waals surface area contributed by atoms with Crippen molar-refractivity contribution in [1.82, 2.24) is 10.2 Å². The highest BCUT2D eigenvalue weighted by Crippen LogP contribution is 2.41. The molecule has 27 heavy (non-hydrogen) atoms. The van der Waals surface area contributed by atoms with Gasteiger partial charge in [0.15, 0.2) is 0 Å². The maximum absolute atomic E-state index is 13.4. The van der Waals surface area contributed by atoms with Crippen LogP contribution in [-0.2, 0) is 4.79 Å². The highest BCUT2D eigenvalue weighted by Gasteiger charge is 2.45. The molecule has 2 unspecified atom stereocenters. The van der Waals surface area contributed by atoms with Crippen LogP contribution >= 0.6 is 11.8 Å². The molecule has 1 saturated heterocycles. The van der Waals surface area contributed by atoms with Gasteiger partial charge in [-0.05, 0) is 44.2 Å². The monoisotopic (exact) mass is 388 g/mol. The number of nitrogens with zero attached hydrogens (tertiary/aromatic N) is 1. The Kier molecular flexibility index (Phi) is 7.22. The number of benzene rings is 1. The topological polar surface area (TPSA) is 49.4 Å². The Morgan fingerprint density at radius 1 is 1.15 bits per heavy atom. The van der Waals surface area contributed by atoms with E-state index < -0.39 is 0 Å². The number of unbranched alkanes of at least 4 members (excludes halogenated alkanes) is 1. The van der Waals surface area contributed by atoms with Crippen LogP contribution in [0.3, 0.4) is 0 Å². The molecule has 1 heterocycles. The second-order valence-corrected chi connectivity index (χ2v) is 9.01. The molecular weight excluding hydrogens is 356 g/mol. The molecule has 1 aromatic rings. The van der Waals surface area contributed by atoms with Crippen LogP contribution in [0.2, 0.25) is 0 Å². The first-order valence-corrected chi connectivity index (χ1v) is 11.5. The number of carbonyl (C=O) groups excluding carboxylic acids is 2. The van der Waals surface area contributed by atoms with E-state index in [1.807, 2.05) is 36.1 Å². The summed E-state index contributed by atoms with van der Waals surface area (Å²) in [4.78, 5) is 28.1. The van der Waals surface area contributed by atoms with Gasteiger partial charge in [0.1, 0.15) is 6.04 Å². The van der Waals surface area contributed by atoms with Gasteiger partial charge in [-0.15, -0.1) is 11.8 Å². The molecule has 2 fully saturated rings. The zero-order valence-corrected chi connectivity index (χ0v) is 17.4. The number of hydrogen-bond acceptors (Lipinski definition) is 3. The predicted molar refractivity (Wildman–Crippen MR) is 112 cm³/mol. The number of carbonyl (C=O) groups is 2. The quantitative estimate of drug-likeness (QED) is 0.736. The van der Waals surface area contributed by atoms with Gasteiger partial charge in [-0.1, -0.05) is 50.3 Å². The van der Waals surface area contributed by atoms with Gasteiger partial charge in [0.2, 0.25) is 5.91 Å². The summed E-state index contributed by atoms with van der Waals surface area (Å²) in [6, 6.07) is 7.38. The summed E-state index contributed by atoms with van der Waals surface area (Å²) in [6.07, 6.45) is 8.13. The fourth-order valence-electron chi connectivity index (χ4n) is 4.12. The Morgan fingerprint density at radius 2 is 1.85 bits per heavy atom. The molecule has 5 heteroatoms. The molecule has 0 spiro atoms. The van der Waals surface area contributed by atoms with Gasteiger partial charge in [0.05, 0.1) is 5.37 Å². The molecule has 3 rings (SSSR count). The lowest BCUT2D eigenvalue weighted by atomic mass is 9.88. The summed E-state index contributed by atoms with van der Waals surface area (Å²) < 4.78 is 0. The third kappa shape index (κ3) is 4.87. The maximum atomic E-state index is 13.4. The lowest BCUT2D eigenvalue weighted by Gasteiger charge is -2.35. The number of rotatable bonds is 6. The van der Waals surface area contributed by atoms with Gasteiger partial charge in [-0.25, -0.2) is 0 Å². The lowest BCUT2D eigenvalue weighted by molar-refractivity contribution is -0.125. The van der Waals surface area contributed by atoms with Gasteiger partial charge >= 0.3 is 0 Å². The van der Waals surface area contributed by atoms with Gasteiger partial charge in [-0.3, -0.25) is 9.59 Å². The van der Waals surface area contributed by atoms with Crippen molar-refractivity contribution in [2.45, 2.75) is 70.2 Å². The highest BCUT2D eigenvalue weighted by molar-refractivity contribution is 8.00. The number of nitrogens with one attached hydrogen (secondary N) is 1. The Labute approximate surface area is 167 Å². The molecular formula is C22H32N2O2S. The second-order valence-electron chi connectivity index (χ2n) is 7.86. The summed E-state index contributed by atoms with van der Waals surface area (Å²) in [5.41, 5.74) is 1.83. The summed E-state index contributed by atoms with van der Waals surface area (Å²) in [7, 11) is 0. The molecule has 4 nitrogen and oxygen atoms in total. The average Bonchev–Trinajstić information content (AvgIpc) is 3.14. The SMILES string of the molecule is CCCCNC(=O)C1CSC(C2CCCCC2)N1C(=O)c1ccc(C)cc1. The maximum Gasteiger partial charge on any atom is 0.255 e. The van der Waals surface area contributed by atoms with Gasteiger partial charge < -0.3 is 10.2 Å². The first-order valence-electron chi connectivity index (χ1n) is 10.4. The van der Waals surface area contributed by atoms with Crippen LogP contribution in [0.15, 0.2) is 24.3 Å². The Hall–Kier alpha value is -1.49. The standard InChI is InChI=1S/C22H32N2O2S/c1-3-4-14-23-20(25)19-15-27-22(18-8-6-5-7-9-18)24(19)21(26)17-12-10-16(2)11-13-17/h10-13,18-19,22H,3-9,14-15H2,1-2H3,(H,23,25). The summed E-state index contributed by atoms with van der Waals surface area (Å²) >= 11 is 1.80. The fraction of sp³-hybridized carbons (Fsp3) is 0.636. The molecule has 148 valence electrons. The predicted octanol–water partition coefficient (Wildman–Crippen LogP) is 4.38. The first kappa shape index (κ1) is 20.2. The van der Waals surface area contributed by atoms with E-state index in [1.165, 1.54) is 32.1 Å². The number of thioether (sulfide) groups is 1. The zero-order valence-electron chi connectivity index (χ0n) is 16.6. The van der Waals surface area contributed by atoms with Crippen LogP contribution in [0.1, 0.15) is 67.8 Å². The largest absolute Gasteiger partial charge is 0.354 e. The molecule has 0 aromatic heterocycles. The van der Waals surface area contributed by atoms with E-state index in [0.717, 1.165) is 18.4 Å². The van der Waals surface area contributed by atoms with Crippen LogP contribution in [0, 0.1) is 12.8 Å². The summed E-state index contributed by atoms with van der Waals surface area (Å²) in [5, 5.41) is 3.17. The summed E-state index contributed by atoms with van der Waals surface area (Å²) in [5.74, 6) is 1.23. The van der Waals surface area contributed by atoms with E-state index >= 15 is 0 Å². The number of aryl methyl sites for hydroxylation is 1. The van der Waals surface area contributed by atoms with Crippen LogP contribution in [-0.4, -0.2) is 40.4 Å². The molecule has 2 amide bonds. The highest BCUT2D eigenvalue weighted by atomic mass is 32.2. The molecule has 1 saturated carbocycles. The van der Waals surface area contributed by atoms with Crippen molar-refractivity contribution < 1.29 is 9.59 Å². The van der Waals surface area contributed by atoms with Crippen molar-refractivity contribution in [2.75, 3.05) is 12.3 Å². The van der Waals surface area contributed by atoms with E-state index in [0.29, 0.717) is 23.8 Å². The van der Waals surface area contributed by atoms with E-state index in [-0.39, 0.29) is 23.2 Å². The van der Waals surface area contributed by atoms with Gasteiger partial charge in [0.25, 0.3) is 5.91 Å². The normalized spacial score (nSPS) is 23.4. The Morgan fingerprint density at radius 3 is 2.52 bits per heavy atom. The van der Waals surface area contributed by atoms with Gasteiger partial charge in [-0.2, -0.15) is 0 Å². The summed E-state index contributed by atoms with van der Waals surface area (Å²) in [6.45, 7) is 4.83. The second kappa shape index (κ2) is 9.63. The van der Waals surface area contributed by atoms with E-state index in [9.17, 15) is 9.59 Å². The third-order valence-electron chi connectivity index (χ3n) is 5.75. The van der Waals surface area contributed by atoms with Crippen molar-refractivity contribution in [3.05, 3.63) is 35.4 Å². The minimum atomic E-state index is -0.354. The van der Waals surface area contributed by atoms with Crippen molar-refractivity contribution in [1.29, 1.82) is 0 Å². The van der Waals surface area contributed by atoms with Crippen molar-refractivity contribution in [3.8, 4) is 0 Å². The Balaban J connectivity index is 1.80. The molecule has 2 atom stereocenters. The minimum Gasteiger partial charge on any atom is -0.354 e. The third-order valence-corrected chi connectivity index (χ3v) is 7.21. The Bertz CT molecular complexity index is 640. The van der Waals surface area contributed by atoms with E-state index in [4.69, 9.17) is 0 Å². The fourth-order valence-corrected chi connectivity index (χ4v) is 5.76. The zero-order chi connectivity index (χ0) is 19.2. The molecule has 1 N–H and O–H groups in total. The van der Waals surface area contributed by atoms with E-state index in [1.54, 1.807) is 11.8 Å². The number of hydrogen-bond donors (Lipinski definition) is 1. The molecule has 1 aliphatic heterocycles. The van der Waals surface area contributed by atoms with Crippen LogP contribution < -0.4 is 5.32 Å². The van der Waals surface area contributed by atoms with Crippen molar-refractivity contribution in [2.24, 2.45) is 5.92 Å². The molecule has 2 aliphatic rings. The van der Waals surface area contributed by atoms with Crippen molar-refractivity contribution in [3.63, 3.8) is 0 Å². The smallest absolute Gasteiger partial charge is 0.255 e. The molecule has 0 bridgehead atoms. The van der Waals surface area contributed by atoms with Crippen molar-refractivity contribution >= 4 is 23.6 Å². The molecule has 1 aromatic carbocycles. The minimum absolute atomic E-state index is 0.00575. The molecule has 0 radical (unpaired) electrons. The lowest BCUT2D eigenvalue weighted by Crippen LogP contribution is -2.51. The van der Waals surface area contributed by atoms with Crippen LogP contribution in [0.4, 0.5) is 0 Å². The molecule has 1 aliphatic carbocycles. The van der Waals surface area contributed by atoms with Gasteiger partial charge in [0, 0.05) is 17.9 Å². The van der Waals surface area contributed by atoms with E-state index in [2.05, 4.69) is 12.2 Å². The number of amides is 2. The first-order chi connectivity index (χ1) is 13.1.